The minimum Gasteiger partial charge on any atom is -0.496 e. The van der Waals surface area contributed by atoms with Gasteiger partial charge in [0.1, 0.15) is 11.3 Å². The zero-order valence-electron chi connectivity index (χ0n) is 10.4. The van der Waals surface area contributed by atoms with Gasteiger partial charge < -0.3 is 14.4 Å². The maximum Gasteiger partial charge on any atom is 0.341 e. The molecule has 0 spiro atoms. The molecule has 5 heteroatoms. The number of carboxylic acid groups (broad SMARTS) is 1. The van der Waals surface area contributed by atoms with Crippen molar-refractivity contribution in [2.24, 2.45) is 0 Å². The molecular formula is C13H13NO4. The average Bonchev–Trinajstić information content (AvgIpc) is 2.81. The van der Waals surface area contributed by atoms with E-state index in [1.54, 1.807) is 19.2 Å². The molecule has 1 aromatic heterocycles. The lowest BCUT2D eigenvalue weighted by molar-refractivity contribution is 0.0697. The predicted octanol–water partition coefficient (Wildman–Crippen LogP) is 2.67. The Kier molecular flexibility index (Phi) is 3.06. The third kappa shape index (κ3) is 1.84. The van der Waals surface area contributed by atoms with Gasteiger partial charge in [0.05, 0.1) is 13.3 Å². The Labute approximate surface area is 104 Å². The summed E-state index contributed by atoms with van der Waals surface area (Å²) in [5.74, 6) is -0.0301. The highest BCUT2D eigenvalue weighted by molar-refractivity contribution is 5.94. The van der Waals surface area contributed by atoms with Crippen molar-refractivity contribution in [2.75, 3.05) is 7.11 Å². The molecule has 1 N–H and O–H groups in total. The molecule has 0 aliphatic heterocycles. The minimum atomic E-state index is -1.06. The van der Waals surface area contributed by atoms with Crippen molar-refractivity contribution in [3.05, 3.63) is 35.0 Å². The van der Waals surface area contributed by atoms with E-state index in [2.05, 4.69) is 5.16 Å². The fourth-order valence-electron chi connectivity index (χ4n) is 1.85. The first kappa shape index (κ1) is 12.2. The minimum absolute atomic E-state index is 0.0580. The zero-order chi connectivity index (χ0) is 13.3. The molecule has 18 heavy (non-hydrogen) atoms. The summed E-state index contributed by atoms with van der Waals surface area (Å²) in [5.41, 5.74) is 2.63. The second kappa shape index (κ2) is 4.52. The predicted molar refractivity (Wildman–Crippen MR) is 64.9 cm³/mol. The first-order valence-corrected chi connectivity index (χ1v) is 5.38. The summed E-state index contributed by atoms with van der Waals surface area (Å²) in [5, 5.41) is 12.6. The van der Waals surface area contributed by atoms with Crippen LogP contribution in [0.5, 0.6) is 5.75 Å². The van der Waals surface area contributed by atoms with E-state index in [9.17, 15) is 4.79 Å². The van der Waals surface area contributed by atoms with Crippen LogP contribution in [0.3, 0.4) is 0 Å². The molecule has 0 radical (unpaired) electrons. The summed E-state index contributed by atoms with van der Waals surface area (Å²) < 4.78 is 10.3. The lowest BCUT2D eigenvalue weighted by atomic mass is 9.99. The molecule has 1 aromatic carbocycles. The van der Waals surface area contributed by atoms with Gasteiger partial charge in [-0.3, -0.25) is 0 Å². The van der Waals surface area contributed by atoms with Crippen LogP contribution in [-0.4, -0.2) is 23.3 Å². The Hall–Kier alpha value is -2.30. The summed E-state index contributed by atoms with van der Waals surface area (Å²) in [4.78, 5) is 11.1. The SMILES string of the molecule is COc1ccc(-c2oncc2C(=O)O)c(C)c1C. The first-order valence-electron chi connectivity index (χ1n) is 5.38. The fourth-order valence-corrected chi connectivity index (χ4v) is 1.85. The highest BCUT2D eigenvalue weighted by atomic mass is 16.5. The topological polar surface area (TPSA) is 72.6 Å². The number of aromatic nitrogens is 1. The van der Waals surface area contributed by atoms with Crippen LogP contribution in [0.15, 0.2) is 22.9 Å². The summed E-state index contributed by atoms with van der Waals surface area (Å²) in [6.07, 6.45) is 1.21. The van der Waals surface area contributed by atoms with Gasteiger partial charge in [-0.05, 0) is 37.1 Å². The van der Waals surface area contributed by atoms with Crippen LogP contribution in [0.1, 0.15) is 21.5 Å². The molecule has 0 aliphatic rings. The summed E-state index contributed by atoms with van der Waals surface area (Å²) >= 11 is 0. The Morgan fingerprint density at radius 2 is 2.06 bits per heavy atom. The lowest BCUT2D eigenvalue weighted by Gasteiger charge is -2.10. The zero-order valence-corrected chi connectivity index (χ0v) is 10.4. The maximum atomic E-state index is 11.1. The molecule has 1 heterocycles. The van der Waals surface area contributed by atoms with Crippen molar-refractivity contribution >= 4 is 5.97 Å². The normalized spacial score (nSPS) is 10.4. The monoisotopic (exact) mass is 247 g/mol. The van der Waals surface area contributed by atoms with E-state index < -0.39 is 5.97 Å². The van der Waals surface area contributed by atoms with Crippen molar-refractivity contribution in [3.8, 4) is 17.1 Å². The third-order valence-electron chi connectivity index (χ3n) is 3.00. The number of rotatable bonds is 3. The smallest absolute Gasteiger partial charge is 0.341 e. The van der Waals surface area contributed by atoms with Crippen LogP contribution < -0.4 is 4.74 Å². The summed E-state index contributed by atoms with van der Waals surface area (Å²) in [6.45, 7) is 3.80. The Morgan fingerprint density at radius 3 is 2.67 bits per heavy atom. The number of methoxy groups -OCH3 is 1. The first-order chi connectivity index (χ1) is 8.56. The van der Waals surface area contributed by atoms with E-state index in [4.69, 9.17) is 14.4 Å². The summed E-state index contributed by atoms with van der Waals surface area (Å²) in [7, 11) is 1.60. The van der Waals surface area contributed by atoms with Gasteiger partial charge in [0.15, 0.2) is 5.76 Å². The number of hydrogen-bond acceptors (Lipinski definition) is 4. The number of carboxylic acids is 1. The van der Waals surface area contributed by atoms with Gasteiger partial charge in [0, 0.05) is 5.56 Å². The number of hydrogen-bond donors (Lipinski definition) is 1. The van der Waals surface area contributed by atoms with E-state index in [1.165, 1.54) is 6.20 Å². The molecule has 0 amide bonds. The molecule has 0 unspecified atom stereocenters. The molecule has 0 fully saturated rings. The molecule has 94 valence electrons. The number of benzene rings is 1. The Morgan fingerprint density at radius 1 is 1.33 bits per heavy atom. The highest BCUT2D eigenvalue weighted by Crippen LogP contribution is 2.32. The quantitative estimate of drug-likeness (QED) is 0.902. The van der Waals surface area contributed by atoms with Gasteiger partial charge in [-0.2, -0.15) is 0 Å². The van der Waals surface area contributed by atoms with E-state index in [1.807, 2.05) is 13.8 Å². The van der Waals surface area contributed by atoms with Crippen molar-refractivity contribution in [3.63, 3.8) is 0 Å². The molecule has 2 aromatic rings. The van der Waals surface area contributed by atoms with Crippen LogP contribution in [0.4, 0.5) is 0 Å². The van der Waals surface area contributed by atoms with Crippen LogP contribution in [-0.2, 0) is 0 Å². The van der Waals surface area contributed by atoms with Crippen LogP contribution in [0, 0.1) is 13.8 Å². The van der Waals surface area contributed by atoms with E-state index >= 15 is 0 Å². The van der Waals surface area contributed by atoms with Crippen LogP contribution >= 0.6 is 0 Å². The van der Waals surface area contributed by atoms with E-state index in [-0.39, 0.29) is 11.3 Å². The van der Waals surface area contributed by atoms with Crippen LogP contribution in [0.25, 0.3) is 11.3 Å². The van der Waals surface area contributed by atoms with Gasteiger partial charge in [-0.15, -0.1) is 0 Å². The van der Waals surface area contributed by atoms with Crippen molar-refractivity contribution in [2.45, 2.75) is 13.8 Å². The number of aromatic carboxylic acids is 1. The van der Waals surface area contributed by atoms with Crippen molar-refractivity contribution < 1.29 is 19.2 Å². The molecule has 5 nitrogen and oxygen atoms in total. The van der Waals surface area contributed by atoms with Gasteiger partial charge in [-0.1, -0.05) is 5.16 Å². The number of carbonyl (C=O) groups is 1. The van der Waals surface area contributed by atoms with Gasteiger partial charge in [0.25, 0.3) is 0 Å². The molecule has 0 aliphatic carbocycles. The lowest BCUT2D eigenvalue weighted by Crippen LogP contribution is -1.98. The third-order valence-corrected chi connectivity index (χ3v) is 3.00. The highest BCUT2D eigenvalue weighted by Gasteiger charge is 2.19. The second-order valence-corrected chi connectivity index (χ2v) is 3.94. The van der Waals surface area contributed by atoms with Gasteiger partial charge in [-0.25, -0.2) is 4.79 Å². The van der Waals surface area contributed by atoms with Gasteiger partial charge >= 0.3 is 5.97 Å². The van der Waals surface area contributed by atoms with E-state index in [0.29, 0.717) is 5.56 Å². The van der Waals surface area contributed by atoms with E-state index in [0.717, 1.165) is 16.9 Å². The Bertz CT molecular complexity index is 601. The van der Waals surface area contributed by atoms with Crippen molar-refractivity contribution in [1.82, 2.24) is 5.16 Å². The second-order valence-electron chi connectivity index (χ2n) is 3.94. The fraction of sp³-hybridized carbons (Fsp3) is 0.231. The largest absolute Gasteiger partial charge is 0.496 e. The molecule has 0 saturated carbocycles. The van der Waals surface area contributed by atoms with Crippen LogP contribution in [0.2, 0.25) is 0 Å². The molecular weight excluding hydrogens is 234 g/mol. The average molecular weight is 247 g/mol. The van der Waals surface area contributed by atoms with Crippen molar-refractivity contribution in [1.29, 1.82) is 0 Å². The molecule has 2 rings (SSSR count). The molecule has 0 bridgehead atoms. The van der Waals surface area contributed by atoms with Gasteiger partial charge in [0.2, 0.25) is 0 Å². The summed E-state index contributed by atoms with van der Waals surface area (Å²) in [6, 6.07) is 3.56. The maximum absolute atomic E-state index is 11.1. The molecule has 0 saturated heterocycles. The number of ether oxygens (including phenoxy) is 1. The molecule has 0 atom stereocenters. The Balaban J connectivity index is 2.62. The number of nitrogens with zero attached hydrogens (tertiary/aromatic N) is 1. The standard InChI is InChI=1S/C13H13NO4/c1-7-8(2)11(17-3)5-4-9(7)12-10(13(15)16)6-14-18-12/h4-6H,1-3H3,(H,15,16).